The number of allylic oxidation sites excluding steroid dienone is 1. The van der Waals surface area contributed by atoms with Crippen molar-refractivity contribution < 1.29 is 14.3 Å². The first-order valence-corrected chi connectivity index (χ1v) is 6.44. The smallest absolute Gasteiger partial charge is 0.251 e. The van der Waals surface area contributed by atoms with Crippen molar-refractivity contribution in [1.82, 2.24) is 5.32 Å². The van der Waals surface area contributed by atoms with Crippen molar-refractivity contribution >= 4 is 5.91 Å². The number of hydrogen-bond donors (Lipinski definition) is 2. The molecular formula is C15H22N2O3. The molecule has 110 valence electrons. The van der Waals surface area contributed by atoms with Crippen molar-refractivity contribution in [2.24, 2.45) is 5.73 Å². The molecule has 1 rings (SSSR count). The number of nitrogens with one attached hydrogen (secondary N) is 1. The van der Waals surface area contributed by atoms with Gasteiger partial charge in [-0.1, -0.05) is 6.08 Å². The molecule has 0 unspecified atom stereocenters. The fourth-order valence-electron chi connectivity index (χ4n) is 1.85. The van der Waals surface area contributed by atoms with E-state index in [-0.39, 0.29) is 11.9 Å². The highest BCUT2D eigenvalue weighted by Crippen LogP contribution is 2.33. The van der Waals surface area contributed by atoms with Gasteiger partial charge in [0, 0.05) is 23.7 Å². The quantitative estimate of drug-likeness (QED) is 0.741. The van der Waals surface area contributed by atoms with Gasteiger partial charge in [-0.25, -0.2) is 0 Å². The fourth-order valence-corrected chi connectivity index (χ4v) is 1.85. The van der Waals surface area contributed by atoms with E-state index < -0.39 is 0 Å². The number of carbonyl (C=O) groups excluding carboxylic acids is 1. The predicted octanol–water partition coefficient (Wildman–Crippen LogP) is 1.51. The van der Waals surface area contributed by atoms with E-state index in [1.54, 1.807) is 32.4 Å². The maximum absolute atomic E-state index is 12.1. The average Bonchev–Trinajstić information content (AvgIpc) is 2.46. The Morgan fingerprint density at radius 2 is 2.15 bits per heavy atom. The predicted molar refractivity (Wildman–Crippen MR) is 79.4 cm³/mol. The molecule has 3 N–H and O–H groups in total. The second kappa shape index (κ2) is 7.55. The molecular weight excluding hydrogens is 256 g/mol. The van der Waals surface area contributed by atoms with Gasteiger partial charge in [-0.3, -0.25) is 4.79 Å². The van der Waals surface area contributed by atoms with Crippen LogP contribution >= 0.6 is 0 Å². The molecule has 0 bridgehead atoms. The minimum absolute atomic E-state index is 0.0848. The average molecular weight is 278 g/mol. The summed E-state index contributed by atoms with van der Waals surface area (Å²) in [5.74, 6) is 0.961. The molecule has 0 saturated heterocycles. The lowest BCUT2D eigenvalue weighted by atomic mass is 10.0. The Morgan fingerprint density at radius 3 is 2.65 bits per heavy atom. The third kappa shape index (κ3) is 3.74. The maximum atomic E-state index is 12.1. The molecule has 1 aromatic rings. The zero-order valence-corrected chi connectivity index (χ0v) is 12.2. The zero-order valence-electron chi connectivity index (χ0n) is 12.2. The molecule has 0 heterocycles. The number of ether oxygens (including phenoxy) is 2. The number of amides is 1. The van der Waals surface area contributed by atoms with E-state index in [1.165, 1.54) is 0 Å². The van der Waals surface area contributed by atoms with Gasteiger partial charge in [0.2, 0.25) is 0 Å². The lowest BCUT2D eigenvalue weighted by Crippen LogP contribution is -2.37. The second-order valence-corrected chi connectivity index (χ2v) is 4.47. The van der Waals surface area contributed by atoms with Crippen LogP contribution in [-0.4, -0.2) is 32.7 Å². The molecule has 0 fully saturated rings. The van der Waals surface area contributed by atoms with Crippen LogP contribution in [0.3, 0.4) is 0 Å². The molecule has 0 spiro atoms. The first-order chi connectivity index (χ1) is 9.57. The summed E-state index contributed by atoms with van der Waals surface area (Å²) >= 11 is 0. The number of methoxy groups -OCH3 is 2. The lowest BCUT2D eigenvalue weighted by molar-refractivity contribution is 0.0940. The SMILES string of the molecule is C=CCc1cc(C(=O)N[C@@H](C)CN)cc(OC)c1OC. The Morgan fingerprint density at radius 1 is 1.45 bits per heavy atom. The molecule has 0 aliphatic heterocycles. The van der Waals surface area contributed by atoms with E-state index in [0.717, 1.165) is 5.56 Å². The molecule has 0 radical (unpaired) electrons. The van der Waals surface area contributed by atoms with Gasteiger partial charge in [0.05, 0.1) is 14.2 Å². The first kappa shape index (κ1) is 16.0. The van der Waals surface area contributed by atoms with Crippen molar-refractivity contribution in [1.29, 1.82) is 0 Å². The van der Waals surface area contributed by atoms with Crippen LogP contribution < -0.4 is 20.5 Å². The van der Waals surface area contributed by atoms with Gasteiger partial charge in [0.15, 0.2) is 11.5 Å². The van der Waals surface area contributed by atoms with Crippen molar-refractivity contribution in [2.75, 3.05) is 20.8 Å². The first-order valence-electron chi connectivity index (χ1n) is 6.44. The summed E-state index contributed by atoms with van der Waals surface area (Å²) in [5.41, 5.74) is 6.87. The molecule has 1 amide bonds. The number of nitrogens with two attached hydrogens (primary N) is 1. The van der Waals surface area contributed by atoms with E-state index in [9.17, 15) is 4.79 Å². The van der Waals surface area contributed by atoms with Gasteiger partial charge < -0.3 is 20.5 Å². The van der Waals surface area contributed by atoms with E-state index >= 15 is 0 Å². The van der Waals surface area contributed by atoms with Crippen LogP contribution in [0.15, 0.2) is 24.8 Å². The Kier molecular flexibility index (Phi) is 6.06. The van der Waals surface area contributed by atoms with Gasteiger partial charge in [0.25, 0.3) is 5.91 Å². The molecule has 0 saturated carbocycles. The largest absolute Gasteiger partial charge is 0.493 e. The monoisotopic (exact) mass is 278 g/mol. The van der Waals surface area contributed by atoms with Crippen molar-refractivity contribution in [3.63, 3.8) is 0 Å². The molecule has 0 aliphatic carbocycles. The Balaban J connectivity index is 3.17. The Bertz CT molecular complexity index is 486. The number of hydrogen-bond acceptors (Lipinski definition) is 4. The molecule has 5 nitrogen and oxygen atoms in total. The summed E-state index contributed by atoms with van der Waals surface area (Å²) in [4.78, 5) is 12.1. The van der Waals surface area contributed by atoms with Crippen LogP contribution in [0.1, 0.15) is 22.8 Å². The molecule has 0 aromatic heterocycles. The third-order valence-electron chi connectivity index (χ3n) is 2.91. The van der Waals surface area contributed by atoms with Crippen LogP contribution in [0.2, 0.25) is 0 Å². The summed E-state index contributed by atoms with van der Waals surface area (Å²) in [7, 11) is 3.11. The number of rotatable bonds is 7. The standard InChI is InChI=1S/C15H22N2O3/c1-5-6-11-7-12(15(18)17-10(2)9-16)8-13(19-3)14(11)20-4/h5,7-8,10H,1,6,9,16H2,2-4H3,(H,17,18)/t10-/m0/s1. The van der Waals surface area contributed by atoms with Crippen molar-refractivity contribution in [3.8, 4) is 11.5 Å². The van der Waals surface area contributed by atoms with Crippen LogP contribution in [0.25, 0.3) is 0 Å². The minimum atomic E-state index is -0.186. The third-order valence-corrected chi connectivity index (χ3v) is 2.91. The normalized spacial score (nSPS) is 11.6. The zero-order chi connectivity index (χ0) is 15.1. The van der Waals surface area contributed by atoms with Crippen LogP contribution in [0.4, 0.5) is 0 Å². The van der Waals surface area contributed by atoms with Crippen LogP contribution in [0, 0.1) is 0 Å². The number of benzene rings is 1. The van der Waals surface area contributed by atoms with E-state index in [1.807, 2.05) is 6.92 Å². The maximum Gasteiger partial charge on any atom is 0.251 e. The van der Waals surface area contributed by atoms with E-state index in [0.29, 0.717) is 30.0 Å². The highest BCUT2D eigenvalue weighted by Gasteiger charge is 2.16. The molecule has 20 heavy (non-hydrogen) atoms. The van der Waals surface area contributed by atoms with Gasteiger partial charge in [-0.05, 0) is 25.5 Å². The second-order valence-electron chi connectivity index (χ2n) is 4.47. The summed E-state index contributed by atoms with van der Waals surface area (Å²) in [6.07, 6.45) is 2.34. The van der Waals surface area contributed by atoms with Crippen molar-refractivity contribution in [3.05, 3.63) is 35.9 Å². The fraction of sp³-hybridized carbons (Fsp3) is 0.400. The lowest BCUT2D eigenvalue weighted by Gasteiger charge is -2.16. The van der Waals surface area contributed by atoms with Gasteiger partial charge in [0.1, 0.15) is 0 Å². The van der Waals surface area contributed by atoms with E-state index in [2.05, 4.69) is 11.9 Å². The Labute approximate surface area is 119 Å². The van der Waals surface area contributed by atoms with Crippen molar-refractivity contribution in [2.45, 2.75) is 19.4 Å². The Hall–Kier alpha value is -2.01. The number of carbonyl (C=O) groups is 1. The summed E-state index contributed by atoms with van der Waals surface area (Å²) < 4.78 is 10.6. The molecule has 1 atom stereocenters. The van der Waals surface area contributed by atoms with Crippen LogP contribution in [-0.2, 0) is 6.42 Å². The van der Waals surface area contributed by atoms with Gasteiger partial charge >= 0.3 is 0 Å². The summed E-state index contributed by atoms with van der Waals surface area (Å²) in [6, 6.07) is 3.35. The molecule has 1 aromatic carbocycles. The minimum Gasteiger partial charge on any atom is -0.493 e. The van der Waals surface area contributed by atoms with Gasteiger partial charge in [-0.15, -0.1) is 6.58 Å². The van der Waals surface area contributed by atoms with Crippen LogP contribution in [0.5, 0.6) is 11.5 Å². The van der Waals surface area contributed by atoms with Gasteiger partial charge in [-0.2, -0.15) is 0 Å². The highest BCUT2D eigenvalue weighted by molar-refractivity contribution is 5.95. The molecule has 0 aliphatic rings. The summed E-state index contributed by atoms with van der Waals surface area (Å²) in [5, 5.41) is 2.82. The highest BCUT2D eigenvalue weighted by atomic mass is 16.5. The topological polar surface area (TPSA) is 73.6 Å². The summed E-state index contributed by atoms with van der Waals surface area (Å²) in [6.45, 7) is 5.95. The van der Waals surface area contributed by atoms with E-state index in [4.69, 9.17) is 15.2 Å². The molecule has 5 heteroatoms.